The van der Waals surface area contributed by atoms with Gasteiger partial charge in [-0.1, -0.05) is 36.4 Å². The number of aryl methyl sites for hydroxylation is 1. The average Bonchev–Trinajstić information content (AvgIpc) is 3.00. The molecule has 0 aliphatic carbocycles. The first kappa shape index (κ1) is 29.5. The standard InChI is InChI=1S/C32H30F2N4O5/c1-18-10-11-24(32(40)41)25(13-18)43-31-27(34)28(38-12-4-8-22(17-38)29(36)39)26(33)30(37-31)42-23-9-3-7-21(15-23)20-6-2-5-19(14-20)16-35/h2-3,5-7,9-11,13-15,22H,4,8,12,16-17,35H2,1H3,(H2,36,39)(H,40,41). The Morgan fingerprint density at radius 1 is 1.00 bits per heavy atom. The third-order valence-electron chi connectivity index (χ3n) is 7.25. The summed E-state index contributed by atoms with van der Waals surface area (Å²) in [6.45, 7) is 2.28. The number of pyridine rings is 1. The minimum absolute atomic E-state index is 0.0240. The summed E-state index contributed by atoms with van der Waals surface area (Å²) >= 11 is 0. The van der Waals surface area contributed by atoms with E-state index in [9.17, 15) is 14.7 Å². The maximum atomic E-state index is 16.1. The molecule has 0 saturated carbocycles. The van der Waals surface area contributed by atoms with Gasteiger partial charge in [-0.15, -0.1) is 0 Å². The van der Waals surface area contributed by atoms with Gasteiger partial charge in [0.05, 0.1) is 5.92 Å². The Morgan fingerprint density at radius 3 is 2.40 bits per heavy atom. The van der Waals surface area contributed by atoms with Crippen molar-refractivity contribution >= 4 is 17.6 Å². The zero-order valence-electron chi connectivity index (χ0n) is 23.3. The predicted molar refractivity (Wildman–Crippen MR) is 156 cm³/mol. The van der Waals surface area contributed by atoms with Gasteiger partial charge in [0.25, 0.3) is 11.8 Å². The van der Waals surface area contributed by atoms with E-state index in [0.29, 0.717) is 24.9 Å². The van der Waals surface area contributed by atoms with Gasteiger partial charge < -0.3 is 30.9 Å². The number of anilines is 1. The molecule has 1 aromatic heterocycles. The molecule has 1 aliphatic rings. The molecule has 2 heterocycles. The predicted octanol–water partition coefficient (Wildman–Crippen LogP) is 5.78. The van der Waals surface area contributed by atoms with E-state index in [2.05, 4.69) is 4.98 Å². The van der Waals surface area contributed by atoms with Crippen molar-refractivity contribution in [3.63, 3.8) is 0 Å². The number of hydrogen-bond donors (Lipinski definition) is 3. The van der Waals surface area contributed by atoms with Crippen molar-refractivity contribution in [1.29, 1.82) is 0 Å². The summed E-state index contributed by atoms with van der Waals surface area (Å²) in [5.41, 5.74) is 13.7. The number of piperidine rings is 1. The molecule has 0 bridgehead atoms. The van der Waals surface area contributed by atoms with E-state index in [1.807, 2.05) is 30.3 Å². The van der Waals surface area contributed by atoms with Crippen molar-refractivity contribution in [2.45, 2.75) is 26.3 Å². The highest BCUT2D eigenvalue weighted by molar-refractivity contribution is 5.91. The lowest BCUT2D eigenvalue weighted by Crippen LogP contribution is -2.42. The largest absolute Gasteiger partial charge is 0.478 e. The smallest absolute Gasteiger partial charge is 0.339 e. The number of halogens is 2. The van der Waals surface area contributed by atoms with E-state index >= 15 is 8.78 Å². The molecule has 1 aliphatic heterocycles. The number of nitrogens with two attached hydrogens (primary N) is 2. The Balaban J connectivity index is 1.59. The Labute approximate surface area is 246 Å². The summed E-state index contributed by atoms with van der Waals surface area (Å²) < 4.78 is 43.7. The molecule has 9 nitrogen and oxygen atoms in total. The summed E-state index contributed by atoms with van der Waals surface area (Å²) in [6.07, 6.45) is 0.947. The zero-order valence-corrected chi connectivity index (χ0v) is 23.3. The molecule has 4 aromatic rings. The third kappa shape index (κ3) is 6.41. The quantitative estimate of drug-likeness (QED) is 0.224. The number of aromatic carboxylic acids is 1. The van der Waals surface area contributed by atoms with Gasteiger partial charge in [0.1, 0.15) is 22.7 Å². The first-order chi connectivity index (χ1) is 20.6. The van der Waals surface area contributed by atoms with Crippen LogP contribution in [0.1, 0.15) is 34.3 Å². The van der Waals surface area contributed by atoms with Gasteiger partial charge >= 0.3 is 5.97 Å². The highest BCUT2D eigenvalue weighted by atomic mass is 19.1. The summed E-state index contributed by atoms with van der Waals surface area (Å²) in [4.78, 5) is 29.1. The van der Waals surface area contributed by atoms with Crippen molar-refractivity contribution in [1.82, 2.24) is 4.98 Å². The zero-order chi connectivity index (χ0) is 30.7. The lowest BCUT2D eigenvalue weighted by Gasteiger charge is -2.33. The number of carboxylic acid groups (broad SMARTS) is 1. The molecule has 5 N–H and O–H groups in total. The number of rotatable bonds is 9. The number of hydrogen-bond acceptors (Lipinski definition) is 7. The second-order valence-electron chi connectivity index (χ2n) is 10.3. The van der Waals surface area contributed by atoms with Gasteiger partial charge in [-0.2, -0.15) is 13.8 Å². The molecule has 43 heavy (non-hydrogen) atoms. The number of nitrogens with zero attached hydrogens (tertiary/aromatic N) is 2. The van der Waals surface area contributed by atoms with Crippen molar-refractivity contribution in [3.05, 3.63) is 95.1 Å². The Bertz CT molecular complexity index is 1700. The van der Waals surface area contributed by atoms with Gasteiger partial charge in [0.15, 0.2) is 0 Å². The Hall–Kier alpha value is -5.03. The summed E-state index contributed by atoms with van der Waals surface area (Å²) in [6, 6.07) is 18.7. The molecule has 1 amide bonds. The van der Waals surface area contributed by atoms with Crippen LogP contribution in [0.4, 0.5) is 14.5 Å². The molecule has 1 fully saturated rings. The maximum absolute atomic E-state index is 16.1. The fourth-order valence-corrected chi connectivity index (χ4v) is 5.04. The lowest BCUT2D eigenvalue weighted by atomic mass is 9.97. The monoisotopic (exact) mass is 588 g/mol. The summed E-state index contributed by atoms with van der Waals surface area (Å²) in [5.74, 6) is -6.02. The first-order valence-electron chi connectivity index (χ1n) is 13.7. The highest BCUT2D eigenvalue weighted by Crippen LogP contribution is 2.40. The van der Waals surface area contributed by atoms with Crippen LogP contribution in [0.25, 0.3) is 11.1 Å². The molecule has 5 rings (SSSR count). The normalized spacial score (nSPS) is 14.8. The van der Waals surface area contributed by atoms with Crippen LogP contribution < -0.4 is 25.8 Å². The van der Waals surface area contributed by atoms with Crippen molar-refractivity contribution in [2.75, 3.05) is 18.0 Å². The Morgan fingerprint density at radius 2 is 1.70 bits per heavy atom. The van der Waals surface area contributed by atoms with Crippen LogP contribution in [0.3, 0.4) is 0 Å². The average molecular weight is 589 g/mol. The summed E-state index contributed by atoms with van der Waals surface area (Å²) in [5, 5.41) is 9.65. The number of carbonyl (C=O) groups excluding carboxylic acids is 1. The van der Waals surface area contributed by atoms with Crippen LogP contribution >= 0.6 is 0 Å². The van der Waals surface area contributed by atoms with E-state index in [1.165, 1.54) is 17.0 Å². The molecular formula is C32H30F2N4O5. The SMILES string of the molecule is Cc1ccc(C(=O)O)c(Oc2nc(Oc3cccc(-c4cccc(CN)c4)c3)c(F)c(N3CCCC(C(N)=O)C3)c2F)c1. The molecule has 1 unspecified atom stereocenters. The van der Waals surface area contributed by atoms with Gasteiger partial charge in [0, 0.05) is 19.6 Å². The van der Waals surface area contributed by atoms with Crippen LogP contribution in [0.2, 0.25) is 0 Å². The maximum Gasteiger partial charge on any atom is 0.339 e. The molecule has 222 valence electrons. The molecule has 1 atom stereocenters. The van der Waals surface area contributed by atoms with Crippen molar-refractivity contribution in [2.24, 2.45) is 17.4 Å². The topological polar surface area (TPSA) is 141 Å². The molecule has 1 saturated heterocycles. The minimum Gasteiger partial charge on any atom is -0.478 e. The number of carboxylic acids is 1. The molecule has 11 heteroatoms. The molecular weight excluding hydrogens is 558 g/mol. The van der Waals surface area contributed by atoms with Gasteiger partial charge in [0.2, 0.25) is 17.5 Å². The minimum atomic E-state index is -1.30. The highest BCUT2D eigenvalue weighted by Gasteiger charge is 2.32. The van der Waals surface area contributed by atoms with Gasteiger partial charge in [-0.25, -0.2) is 4.79 Å². The molecule has 0 radical (unpaired) electrons. The van der Waals surface area contributed by atoms with Crippen molar-refractivity contribution < 1.29 is 33.0 Å². The van der Waals surface area contributed by atoms with Crippen LogP contribution in [0.15, 0.2) is 66.7 Å². The van der Waals surface area contributed by atoms with Crippen molar-refractivity contribution in [3.8, 4) is 34.4 Å². The number of amides is 1. The van der Waals surface area contributed by atoms with E-state index in [4.69, 9.17) is 20.9 Å². The summed E-state index contributed by atoms with van der Waals surface area (Å²) in [7, 11) is 0. The van der Waals surface area contributed by atoms with E-state index in [0.717, 1.165) is 16.7 Å². The molecule has 0 spiro atoms. The van der Waals surface area contributed by atoms with Crippen LogP contribution in [0, 0.1) is 24.5 Å². The number of benzene rings is 3. The lowest BCUT2D eigenvalue weighted by molar-refractivity contribution is -0.122. The fourth-order valence-electron chi connectivity index (χ4n) is 5.04. The van der Waals surface area contributed by atoms with Crippen LogP contribution in [0.5, 0.6) is 23.3 Å². The first-order valence-corrected chi connectivity index (χ1v) is 13.7. The second-order valence-corrected chi connectivity index (χ2v) is 10.3. The van der Waals surface area contributed by atoms with E-state index in [1.54, 1.807) is 31.2 Å². The molecule has 3 aromatic carbocycles. The van der Waals surface area contributed by atoms with E-state index in [-0.39, 0.29) is 30.2 Å². The number of carbonyl (C=O) groups is 2. The third-order valence-corrected chi connectivity index (χ3v) is 7.25. The number of primary amides is 1. The van der Waals surface area contributed by atoms with E-state index < -0.39 is 46.9 Å². The number of aromatic nitrogens is 1. The van der Waals surface area contributed by atoms with Crippen LogP contribution in [-0.2, 0) is 11.3 Å². The Kier molecular flexibility index (Phi) is 8.53. The van der Waals surface area contributed by atoms with Gasteiger partial charge in [-0.05, 0) is 72.4 Å². The fraction of sp³-hybridized carbons (Fsp3) is 0.219. The van der Waals surface area contributed by atoms with Crippen LogP contribution in [-0.4, -0.2) is 35.1 Å². The van der Waals surface area contributed by atoms with Gasteiger partial charge in [-0.3, -0.25) is 4.79 Å². The second kappa shape index (κ2) is 12.5. The number of ether oxygens (including phenoxy) is 2.